The van der Waals surface area contributed by atoms with Crippen LogP contribution in [0.25, 0.3) is 0 Å². The van der Waals surface area contributed by atoms with Crippen LogP contribution in [0, 0.1) is 5.92 Å². The average Bonchev–Trinajstić information content (AvgIpc) is 3.00. The van der Waals surface area contributed by atoms with Crippen molar-refractivity contribution < 1.29 is 17.9 Å². The minimum atomic E-state index is -4.32. The Bertz CT molecular complexity index is 766. The van der Waals surface area contributed by atoms with E-state index < -0.39 is 11.7 Å². The highest BCUT2D eigenvalue weighted by Crippen LogP contribution is 2.40. The second-order valence-corrected chi connectivity index (χ2v) is 7.58. The van der Waals surface area contributed by atoms with Crippen molar-refractivity contribution in [3.63, 3.8) is 0 Å². The molecule has 0 spiro atoms. The molecule has 1 aliphatic carbocycles. The van der Waals surface area contributed by atoms with Crippen molar-refractivity contribution in [2.45, 2.75) is 38.0 Å². The van der Waals surface area contributed by atoms with Crippen LogP contribution in [0.5, 0.6) is 5.75 Å². The van der Waals surface area contributed by atoms with Crippen LogP contribution >= 0.6 is 0 Å². The van der Waals surface area contributed by atoms with Gasteiger partial charge in [-0.25, -0.2) is 0 Å². The van der Waals surface area contributed by atoms with Crippen LogP contribution in [0.1, 0.15) is 42.1 Å². The summed E-state index contributed by atoms with van der Waals surface area (Å²) in [6.45, 7) is 3.22. The standard InChI is InChI=1S/C22H24F3NO/c23-22(24,25)18-8-10-19(11-9-18)27-21-17(15-26-12-4-1-5-13-26)14-16-6-2-3-7-20(16)21/h2-3,6-11,17,21H,1,4-5,12-15H2. The lowest BCUT2D eigenvalue weighted by molar-refractivity contribution is -0.137. The number of piperidine rings is 1. The van der Waals surface area contributed by atoms with Crippen molar-refractivity contribution in [2.75, 3.05) is 19.6 Å². The number of fused-ring (bicyclic) bond motifs is 1. The van der Waals surface area contributed by atoms with E-state index in [0.717, 1.165) is 38.2 Å². The van der Waals surface area contributed by atoms with E-state index in [2.05, 4.69) is 17.0 Å². The fourth-order valence-electron chi connectivity index (χ4n) is 4.30. The van der Waals surface area contributed by atoms with Crippen molar-refractivity contribution in [3.8, 4) is 5.75 Å². The Balaban J connectivity index is 1.53. The first-order valence-corrected chi connectivity index (χ1v) is 9.65. The Hall–Kier alpha value is -2.01. The highest BCUT2D eigenvalue weighted by atomic mass is 19.4. The van der Waals surface area contributed by atoms with Crippen molar-refractivity contribution in [1.29, 1.82) is 0 Å². The number of likely N-dealkylation sites (tertiary alicyclic amines) is 1. The second-order valence-electron chi connectivity index (χ2n) is 7.58. The predicted molar refractivity (Wildman–Crippen MR) is 98.7 cm³/mol. The van der Waals surface area contributed by atoms with Crippen molar-refractivity contribution in [1.82, 2.24) is 4.90 Å². The summed E-state index contributed by atoms with van der Waals surface area (Å²) >= 11 is 0. The second kappa shape index (κ2) is 7.55. The van der Waals surface area contributed by atoms with Gasteiger partial charge < -0.3 is 9.64 Å². The molecule has 2 aliphatic rings. The van der Waals surface area contributed by atoms with Gasteiger partial charge in [0.15, 0.2) is 0 Å². The molecule has 0 radical (unpaired) electrons. The van der Waals surface area contributed by atoms with Crippen LogP contribution in [0.2, 0.25) is 0 Å². The number of nitrogens with zero attached hydrogens (tertiary/aromatic N) is 1. The smallest absolute Gasteiger partial charge is 0.416 e. The maximum atomic E-state index is 12.8. The summed E-state index contributed by atoms with van der Waals surface area (Å²) in [5, 5.41) is 0. The summed E-state index contributed by atoms with van der Waals surface area (Å²) in [6.07, 6.45) is 0.300. The van der Waals surface area contributed by atoms with Crippen LogP contribution in [0.4, 0.5) is 13.2 Å². The van der Waals surface area contributed by atoms with Crippen molar-refractivity contribution in [2.24, 2.45) is 5.92 Å². The monoisotopic (exact) mass is 375 g/mol. The van der Waals surface area contributed by atoms with E-state index in [9.17, 15) is 13.2 Å². The Kier molecular flexibility index (Phi) is 5.13. The SMILES string of the molecule is FC(F)(F)c1ccc(OC2c3ccccc3CC2CN2CCCCC2)cc1. The Labute approximate surface area is 157 Å². The topological polar surface area (TPSA) is 12.5 Å². The molecule has 0 saturated carbocycles. The number of ether oxygens (including phenoxy) is 1. The summed E-state index contributed by atoms with van der Waals surface area (Å²) in [6, 6.07) is 13.3. The number of rotatable bonds is 4. The molecule has 144 valence electrons. The first-order valence-electron chi connectivity index (χ1n) is 9.65. The van der Waals surface area contributed by atoms with Crippen molar-refractivity contribution in [3.05, 3.63) is 65.2 Å². The number of hydrogen-bond donors (Lipinski definition) is 0. The lowest BCUT2D eigenvalue weighted by Crippen LogP contribution is -2.36. The molecular weight excluding hydrogens is 351 g/mol. The first-order chi connectivity index (χ1) is 13.0. The maximum absolute atomic E-state index is 12.8. The Morgan fingerprint density at radius 3 is 2.33 bits per heavy atom. The summed E-state index contributed by atoms with van der Waals surface area (Å²) in [5.74, 6) is 0.816. The van der Waals surface area contributed by atoms with E-state index in [-0.39, 0.29) is 6.10 Å². The zero-order valence-corrected chi connectivity index (χ0v) is 15.2. The largest absolute Gasteiger partial charge is 0.485 e. The van der Waals surface area contributed by atoms with Gasteiger partial charge >= 0.3 is 6.18 Å². The summed E-state index contributed by atoms with van der Waals surface area (Å²) < 4.78 is 44.6. The van der Waals surface area contributed by atoms with E-state index in [1.807, 2.05) is 12.1 Å². The molecular formula is C22H24F3NO. The van der Waals surface area contributed by atoms with E-state index in [0.29, 0.717) is 11.7 Å². The maximum Gasteiger partial charge on any atom is 0.416 e. The van der Waals surface area contributed by atoms with E-state index in [1.165, 1.54) is 42.5 Å². The third-order valence-electron chi connectivity index (χ3n) is 5.66. The Morgan fingerprint density at radius 2 is 1.63 bits per heavy atom. The lowest BCUT2D eigenvalue weighted by Gasteiger charge is -2.31. The fourth-order valence-corrected chi connectivity index (χ4v) is 4.30. The molecule has 2 nitrogen and oxygen atoms in total. The molecule has 5 heteroatoms. The molecule has 4 rings (SSSR count). The van der Waals surface area contributed by atoms with Crippen molar-refractivity contribution >= 4 is 0 Å². The first kappa shape index (κ1) is 18.4. The quantitative estimate of drug-likeness (QED) is 0.701. The minimum absolute atomic E-state index is 0.111. The number of alkyl halides is 3. The Morgan fingerprint density at radius 1 is 0.926 bits per heavy atom. The molecule has 2 atom stereocenters. The van der Waals surface area contributed by atoms with E-state index >= 15 is 0 Å². The molecule has 1 aliphatic heterocycles. The van der Waals surface area contributed by atoms with Gasteiger partial charge in [-0.15, -0.1) is 0 Å². The molecule has 1 heterocycles. The summed E-state index contributed by atoms with van der Waals surface area (Å²) in [4.78, 5) is 2.50. The lowest BCUT2D eigenvalue weighted by atomic mass is 10.0. The van der Waals surface area contributed by atoms with E-state index in [4.69, 9.17) is 4.74 Å². The van der Waals surface area contributed by atoms with Gasteiger partial charge in [-0.05, 0) is 67.7 Å². The predicted octanol–water partition coefficient (Wildman–Crippen LogP) is 5.48. The third kappa shape index (κ3) is 4.13. The third-order valence-corrected chi connectivity index (χ3v) is 5.66. The van der Waals surface area contributed by atoms with Crippen LogP contribution in [0.3, 0.4) is 0 Å². The van der Waals surface area contributed by atoms with Gasteiger partial charge in [0.1, 0.15) is 11.9 Å². The molecule has 1 saturated heterocycles. The van der Waals surface area contributed by atoms with Crippen LogP contribution in [-0.4, -0.2) is 24.5 Å². The molecule has 0 N–H and O–H groups in total. The minimum Gasteiger partial charge on any atom is -0.485 e. The van der Waals surface area contributed by atoms with Gasteiger partial charge in [0, 0.05) is 12.5 Å². The molecule has 0 amide bonds. The highest BCUT2D eigenvalue weighted by molar-refractivity contribution is 5.37. The molecule has 2 aromatic carbocycles. The highest BCUT2D eigenvalue weighted by Gasteiger charge is 2.36. The van der Waals surface area contributed by atoms with E-state index in [1.54, 1.807) is 0 Å². The summed E-state index contributed by atoms with van der Waals surface area (Å²) in [7, 11) is 0. The van der Waals surface area contributed by atoms with Crippen LogP contribution in [-0.2, 0) is 12.6 Å². The van der Waals surface area contributed by atoms with Crippen LogP contribution in [0.15, 0.2) is 48.5 Å². The number of halogens is 3. The zero-order chi connectivity index (χ0) is 18.9. The molecule has 0 aromatic heterocycles. The van der Waals surface area contributed by atoms with Gasteiger partial charge in [-0.3, -0.25) is 0 Å². The molecule has 1 fully saturated rings. The normalized spacial score (nSPS) is 23.2. The van der Waals surface area contributed by atoms with Gasteiger partial charge in [0.25, 0.3) is 0 Å². The summed E-state index contributed by atoms with van der Waals surface area (Å²) in [5.41, 5.74) is 1.81. The zero-order valence-electron chi connectivity index (χ0n) is 15.2. The number of benzene rings is 2. The van der Waals surface area contributed by atoms with Gasteiger partial charge in [0.05, 0.1) is 5.56 Å². The van der Waals surface area contributed by atoms with Gasteiger partial charge in [0.2, 0.25) is 0 Å². The number of hydrogen-bond acceptors (Lipinski definition) is 2. The fraction of sp³-hybridized carbons (Fsp3) is 0.455. The van der Waals surface area contributed by atoms with Gasteiger partial charge in [-0.2, -0.15) is 13.2 Å². The molecule has 2 aromatic rings. The van der Waals surface area contributed by atoms with Gasteiger partial charge in [-0.1, -0.05) is 30.7 Å². The molecule has 2 unspecified atom stereocenters. The average molecular weight is 375 g/mol. The molecule has 0 bridgehead atoms. The van der Waals surface area contributed by atoms with Crippen LogP contribution < -0.4 is 4.74 Å². The molecule has 27 heavy (non-hydrogen) atoms.